The number of benzene rings is 3. The molecule has 5 rings (SSSR count). The van der Waals surface area contributed by atoms with Crippen LogP contribution in [0, 0.1) is 0 Å². The molecule has 3 aromatic carbocycles. The van der Waals surface area contributed by atoms with Gasteiger partial charge < -0.3 is 14.4 Å². The van der Waals surface area contributed by atoms with Crippen LogP contribution in [0.5, 0.6) is 5.75 Å². The van der Waals surface area contributed by atoms with Gasteiger partial charge in [0.05, 0.1) is 16.3 Å². The van der Waals surface area contributed by atoms with Gasteiger partial charge in [0.25, 0.3) is 0 Å². The van der Waals surface area contributed by atoms with Gasteiger partial charge in [0, 0.05) is 34.7 Å². The first kappa shape index (κ1) is 27.0. The van der Waals surface area contributed by atoms with Gasteiger partial charge >= 0.3 is 5.97 Å². The van der Waals surface area contributed by atoms with Crippen LogP contribution in [0.15, 0.2) is 102 Å². The zero-order valence-corrected chi connectivity index (χ0v) is 23.9. The molecule has 0 aliphatic heterocycles. The van der Waals surface area contributed by atoms with Crippen LogP contribution in [0.1, 0.15) is 28.2 Å². The smallest absolute Gasteiger partial charge is 0.336 e. The summed E-state index contributed by atoms with van der Waals surface area (Å²) in [6, 6.07) is 20.3. The van der Waals surface area contributed by atoms with Gasteiger partial charge in [-0.2, -0.15) is 0 Å². The Kier molecular flexibility index (Phi) is 7.80. The predicted molar refractivity (Wildman–Crippen MR) is 160 cm³/mol. The van der Waals surface area contributed by atoms with E-state index in [1.54, 1.807) is 24.3 Å². The number of hydrogen-bond donors (Lipinski definition) is 1. The summed E-state index contributed by atoms with van der Waals surface area (Å²) in [6.45, 7) is 0. The number of halogens is 3. The summed E-state index contributed by atoms with van der Waals surface area (Å²) in [5.41, 5.74) is 3.08. The third-order valence-corrected chi connectivity index (χ3v) is 7.61. The van der Waals surface area contributed by atoms with E-state index in [-0.39, 0.29) is 5.56 Å². The molecule has 1 unspecified atom stereocenters. The SMILES string of the molecule is Cn1cc(-c2ccc(Cl)cc2Cl)nc1/C=C/C1(Oc2ccc(C(=O)O)c(Br)c2)C=CC(c2ccccc2)=CC1. The Balaban J connectivity index is 1.48. The molecule has 196 valence electrons. The zero-order valence-electron chi connectivity index (χ0n) is 20.8. The Hall–Kier alpha value is -3.58. The minimum atomic E-state index is -1.01. The molecule has 0 saturated heterocycles. The number of nitrogens with zero attached hydrogens (tertiary/aromatic N) is 2. The number of aromatic carboxylic acids is 1. The lowest BCUT2D eigenvalue weighted by Gasteiger charge is -2.31. The van der Waals surface area contributed by atoms with Crippen molar-refractivity contribution in [1.29, 1.82) is 0 Å². The van der Waals surface area contributed by atoms with Crippen molar-refractivity contribution in [1.82, 2.24) is 9.55 Å². The van der Waals surface area contributed by atoms with Crippen LogP contribution in [-0.2, 0) is 7.05 Å². The van der Waals surface area contributed by atoms with Gasteiger partial charge in [0.2, 0.25) is 0 Å². The molecule has 4 aromatic rings. The number of imidazole rings is 1. The van der Waals surface area contributed by atoms with Gasteiger partial charge in [0.15, 0.2) is 0 Å². The van der Waals surface area contributed by atoms with E-state index >= 15 is 0 Å². The summed E-state index contributed by atoms with van der Waals surface area (Å²) in [5, 5.41) is 10.5. The molecule has 1 heterocycles. The van der Waals surface area contributed by atoms with E-state index in [0.717, 1.165) is 22.4 Å². The molecule has 0 bridgehead atoms. The molecule has 1 aliphatic rings. The third-order valence-electron chi connectivity index (χ3n) is 6.41. The van der Waals surface area contributed by atoms with Crippen LogP contribution >= 0.6 is 39.1 Å². The maximum atomic E-state index is 11.5. The van der Waals surface area contributed by atoms with E-state index in [9.17, 15) is 9.90 Å². The Morgan fingerprint density at radius 3 is 2.59 bits per heavy atom. The third kappa shape index (κ3) is 6.04. The predicted octanol–water partition coefficient (Wildman–Crippen LogP) is 8.73. The average Bonchev–Trinajstić information content (AvgIpc) is 3.28. The van der Waals surface area contributed by atoms with E-state index in [1.165, 1.54) is 6.07 Å². The van der Waals surface area contributed by atoms with Crippen LogP contribution in [0.25, 0.3) is 22.9 Å². The molecular formula is C31H23BrCl2N2O3. The maximum Gasteiger partial charge on any atom is 0.336 e. The fourth-order valence-corrected chi connectivity index (χ4v) is 5.38. The molecule has 5 nitrogen and oxygen atoms in total. The lowest BCUT2D eigenvalue weighted by atomic mass is 9.88. The minimum Gasteiger partial charge on any atom is -0.479 e. The molecule has 0 radical (unpaired) electrons. The van der Waals surface area contributed by atoms with E-state index in [0.29, 0.717) is 32.5 Å². The second kappa shape index (κ2) is 11.3. The van der Waals surface area contributed by atoms with Crippen molar-refractivity contribution in [3.8, 4) is 17.0 Å². The number of aryl methyl sites for hydroxylation is 1. The lowest BCUT2D eigenvalue weighted by Crippen LogP contribution is -2.32. The molecule has 0 fully saturated rings. The van der Waals surface area contributed by atoms with Gasteiger partial charge in [-0.15, -0.1) is 0 Å². The normalized spacial score (nSPS) is 16.9. The highest BCUT2D eigenvalue weighted by molar-refractivity contribution is 9.10. The number of carbonyl (C=O) groups is 1. The van der Waals surface area contributed by atoms with E-state index in [2.05, 4.69) is 34.1 Å². The van der Waals surface area contributed by atoms with E-state index in [1.807, 2.05) is 66.4 Å². The quantitative estimate of drug-likeness (QED) is 0.224. The minimum absolute atomic E-state index is 0.166. The molecular weight excluding hydrogens is 599 g/mol. The van der Waals surface area contributed by atoms with Gasteiger partial charge in [0.1, 0.15) is 17.2 Å². The van der Waals surface area contributed by atoms with Crippen molar-refractivity contribution in [2.45, 2.75) is 12.0 Å². The van der Waals surface area contributed by atoms with Crippen molar-refractivity contribution in [2.24, 2.45) is 7.05 Å². The first-order chi connectivity index (χ1) is 18.7. The molecule has 1 aliphatic carbocycles. The number of carboxylic acids is 1. The fourth-order valence-electron chi connectivity index (χ4n) is 4.34. The molecule has 1 aromatic heterocycles. The van der Waals surface area contributed by atoms with Crippen LogP contribution in [-0.4, -0.2) is 26.2 Å². The highest BCUT2D eigenvalue weighted by atomic mass is 79.9. The summed E-state index contributed by atoms with van der Waals surface area (Å²) in [6.07, 6.45) is 12.6. The number of carboxylic acid groups (broad SMARTS) is 1. The Morgan fingerprint density at radius 2 is 1.92 bits per heavy atom. The second-order valence-electron chi connectivity index (χ2n) is 9.12. The molecule has 1 N–H and O–H groups in total. The van der Waals surface area contributed by atoms with Crippen LogP contribution in [0.2, 0.25) is 10.0 Å². The van der Waals surface area contributed by atoms with E-state index in [4.69, 9.17) is 32.9 Å². The number of aromatic nitrogens is 2. The number of rotatable bonds is 7. The van der Waals surface area contributed by atoms with Crippen LogP contribution in [0.4, 0.5) is 0 Å². The number of hydrogen-bond acceptors (Lipinski definition) is 3. The van der Waals surface area contributed by atoms with Gasteiger partial charge in [-0.3, -0.25) is 0 Å². The van der Waals surface area contributed by atoms with Gasteiger partial charge in [-0.05, 0) is 81.7 Å². The first-order valence-electron chi connectivity index (χ1n) is 12.1. The summed E-state index contributed by atoms with van der Waals surface area (Å²) in [4.78, 5) is 16.2. The Labute approximate surface area is 244 Å². The van der Waals surface area contributed by atoms with Crippen LogP contribution < -0.4 is 4.74 Å². The van der Waals surface area contributed by atoms with E-state index < -0.39 is 11.6 Å². The number of allylic oxidation sites excluding steroid dienone is 2. The van der Waals surface area contributed by atoms with Crippen LogP contribution in [0.3, 0.4) is 0 Å². The van der Waals surface area contributed by atoms with Crippen molar-refractivity contribution in [2.75, 3.05) is 0 Å². The zero-order chi connectivity index (χ0) is 27.6. The summed E-state index contributed by atoms with van der Waals surface area (Å²) >= 11 is 15.8. The lowest BCUT2D eigenvalue weighted by molar-refractivity contribution is 0.0696. The molecule has 0 saturated carbocycles. The summed E-state index contributed by atoms with van der Waals surface area (Å²) in [5.74, 6) is 0.237. The second-order valence-corrected chi connectivity index (χ2v) is 10.8. The average molecular weight is 622 g/mol. The largest absolute Gasteiger partial charge is 0.479 e. The van der Waals surface area contributed by atoms with Gasteiger partial charge in [-0.1, -0.05) is 65.7 Å². The molecule has 1 atom stereocenters. The standard InChI is InChI=1S/C31H23BrCl2N2O3/c1-36-19-28(25-9-7-22(33)17-27(25)34)35-29(36)13-16-31(39-23-8-10-24(30(37)38)26(32)18-23)14-11-21(12-15-31)20-5-3-2-4-6-20/h2-14,16-19H,15H2,1H3,(H,37,38)/b16-13+. The maximum absolute atomic E-state index is 11.5. The van der Waals surface area contributed by atoms with Crippen molar-refractivity contribution < 1.29 is 14.6 Å². The topological polar surface area (TPSA) is 64.4 Å². The van der Waals surface area contributed by atoms with Crippen molar-refractivity contribution >= 4 is 56.8 Å². The fraction of sp³-hybridized carbons (Fsp3) is 0.0968. The Morgan fingerprint density at radius 1 is 1.13 bits per heavy atom. The highest BCUT2D eigenvalue weighted by Gasteiger charge is 2.29. The summed E-state index contributed by atoms with van der Waals surface area (Å²) in [7, 11) is 1.92. The van der Waals surface area contributed by atoms with Gasteiger partial charge in [-0.25, -0.2) is 9.78 Å². The molecule has 8 heteroatoms. The molecule has 0 amide bonds. The van der Waals surface area contributed by atoms with Crippen molar-refractivity contribution in [3.05, 3.63) is 129 Å². The monoisotopic (exact) mass is 620 g/mol. The molecule has 0 spiro atoms. The van der Waals surface area contributed by atoms with Crippen molar-refractivity contribution in [3.63, 3.8) is 0 Å². The molecule has 39 heavy (non-hydrogen) atoms. The highest BCUT2D eigenvalue weighted by Crippen LogP contribution is 2.35. The first-order valence-corrected chi connectivity index (χ1v) is 13.6. The summed E-state index contributed by atoms with van der Waals surface area (Å²) < 4.78 is 8.88. The number of ether oxygens (including phenoxy) is 1. The Bertz CT molecular complexity index is 1640.